The van der Waals surface area contributed by atoms with Gasteiger partial charge in [-0.15, -0.1) is 0 Å². The van der Waals surface area contributed by atoms with E-state index in [1.54, 1.807) is 21.1 Å². The number of rotatable bonds is 14. The Bertz CT molecular complexity index is 2400. The Kier molecular flexibility index (Phi) is 11.9. The fourth-order valence-corrected chi connectivity index (χ4v) is 7.72. The van der Waals surface area contributed by atoms with Gasteiger partial charge in [0.1, 0.15) is 35.7 Å². The van der Waals surface area contributed by atoms with Crippen LogP contribution in [0.3, 0.4) is 0 Å². The molecule has 2 aliphatic heterocycles. The van der Waals surface area contributed by atoms with Gasteiger partial charge in [0, 0.05) is 49.3 Å². The van der Waals surface area contributed by atoms with Crippen molar-refractivity contribution in [3.63, 3.8) is 0 Å². The van der Waals surface area contributed by atoms with Gasteiger partial charge in [0.15, 0.2) is 0 Å². The fraction of sp³-hybridized carbons (Fsp3) is 0.357. The normalized spacial score (nSPS) is 21.8. The average molecular weight is 796 g/mol. The van der Waals surface area contributed by atoms with Crippen molar-refractivity contribution >= 4 is 5.91 Å². The van der Waals surface area contributed by atoms with E-state index in [1.807, 2.05) is 78.9 Å². The van der Waals surface area contributed by atoms with Crippen molar-refractivity contribution in [2.24, 2.45) is 5.92 Å². The summed E-state index contributed by atoms with van der Waals surface area (Å²) in [6.07, 6.45) is -1.24. The zero-order valence-electron chi connectivity index (χ0n) is 32.2. The molecule has 2 saturated heterocycles. The molecule has 2 aromatic heterocycles. The summed E-state index contributed by atoms with van der Waals surface area (Å²) in [4.78, 5) is 67.4. The molecule has 2 aliphatic rings. The number of aryl methyl sites for hydroxylation is 1. The largest absolute Gasteiger partial charge is 0.497 e. The van der Waals surface area contributed by atoms with E-state index in [-0.39, 0.29) is 26.0 Å². The van der Waals surface area contributed by atoms with Crippen LogP contribution in [0, 0.1) is 12.8 Å². The highest BCUT2D eigenvalue weighted by Crippen LogP contribution is 2.43. The highest BCUT2D eigenvalue weighted by atomic mass is 16.6. The molecule has 5 aromatic rings. The zero-order valence-corrected chi connectivity index (χ0v) is 32.2. The van der Waals surface area contributed by atoms with Gasteiger partial charge in [0.05, 0.1) is 33.0 Å². The second kappa shape index (κ2) is 17.2. The molecule has 0 spiro atoms. The van der Waals surface area contributed by atoms with Gasteiger partial charge in [0.2, 0.25) is 5.91 Å². The molecular weight excluding hydrogens is 750 g/mol. The van der Waals surface area contributed by atoms with Gasteiger partial charge in [0.25, 0.3) is 11.1 Å². The molecule has 16 heteroatoms. The summed E-state index contributed by atoms with van der Waals surface area (Å²) in [6, 6.07) is 26.2. The van der Waals surface area contributed by atoms with Crippen molar-refractivity contribution < 1.29 is 33.6 Å². The third-order valence-corrected chi connectivity index (χ3v) is 10.7. The van der Waals surface area contributed by atoms with E-state index in [0.717, 1.165) is 16.7 Å². The molecule has 3 aromatic carbocycles. The first-order valence-corrected chi connectivity index (χ1v) is 18.9. The van der Waals surface area contributed by atoms with Crippen LogP contribution < -0.4 is 37.3 Å². The lowest BCUT2D eigenvalue weighted by molar-refractivity contribution is -0.124. The van der Waals surface area contributed by atoms with Gasteiger partial charge in [-0.25, -0.2) is 9.59 Å². The van der Waals surface area contributed by atoms with E-state index in [1.165, 1.54) is 27.6 Å². The standard InChI is InChI=1S/C42H45N5O11/c1-25-23-47(41(53)45-38(25)51)37-21-33(48)34(58-37)22-43-36(50)20-26-19-32(57-39(26)46-18-17-35(49)44-40(46)52)24-56-42(27-7-5-4-6-8-27,28-9-13-30(54-2)14-10-28)29-11-15-31(55-3)16-12-29/h4-18,23,26,32-34,37,39,48H,19-22,24H2,1-3H3,(H,43,50)(H,44,49,52)(H,45,51,53)/t26-,32-,33-,34+,37+,39+/m0/s1. The molecule has 0 saturated carbocycles. The molecule has 1 amide bonds. The van der Waals surface area contributed by atoms with Crippen molar-refractivity contribution in [3.05, 3.63) is 161 Å². The number of aliphatic hydroxyl groups excluding tert-OH is 1. The van der Waals surface area contributed by atoms with Gasteiger partial charge >= 0.3 is 11.4 Å². The van der Waals surface area contributed by atoms with E-state index >= 15 is 0 Å². The van der Waals surface area contributed by atoms with E-state index in [4.69, 9.17) is 23.7 Å². The quantitative estimate of drug-likeness (QED) is 0.120. The van der Waals surface area contributed by atoms with Crippen LogP contribution in [-0.2, 0) is 24.6 Å². The maximum atomic E-state index is 13.6. The van der Waals surface area contributed by atoms with Crippen LogP contribution in [0.4, 0.5) is 0 Å². The first kappa shape index (κ1) is 40.1. The maximum absolute atomic E-state index is 13.6. The topological polar surface area (TPSA) is 205 Å². The number of ether oxygens (including phenoxy) is 5. The number of amides is 1. The third kappa shape index (κ3) is 8.31. The highest BCUT2D eigenvalue weighted by molar-refractivity contribution is 5.76. The SMILES string of the molecule is COc1ccc(C(OC[C@@H]2C[C@@H](CC(=O)NC[C@H]3O[C@@H](n4cc(C)c(=O)[nH]c4=O)C[C@@H]3O)[C@H](n3ccc(=O)[nH]c3=O)O2)(c2ccccc2)c2ccc(OC)cc2)cc1. The molecule has 2 fully saturated rings. The monoisotopic (exact) mass is 795 g/mol. The van der Waals surface area contributed by atoms with Crippen molar-refractivity contribution in [2.45, 2.75) is 62.6 Å². The van der Waals surface area contributed by atoms with Crippen molar-refractivity contribution in [2.75, 3.05) is 27.4 Å². The van der Waals surface area contributed by atoms with E-state index in [0.29, 0.717) is 23.5 Å². The molecule has 4 N–H and O–H groups in total. The minimum absolute atomic E-state index is 0.0345. The Balaban J connectivity index is 1.12. The van der Waals surface area contributed by atoms with Gasteiger partial charge < -0.3 is 34.1 Å². The predicted molar refractivity (Wildman–Crippen MR) is 210 cm³/mol. The molecule has 4 heterocycles. The van der Waals surface area contributed by atoms with Crippen molar-refractivity contribution in [1.82, 2.24) is 24.4 Å². The summed E-state index contributed by atoms with van der Waals surface area (Å²) < 4.78 is 32.9. The Morgan fingerprint density at radius 1 is 0.828 bits per heavy atom. The third-order valence-electron chi connectivity index (χ3n) is 10.7. The molecule has 58 heavy (non-hydrogen) atoms. The number of hydrogen-bond acceptors (Lipinski definition) is 11. The molecule has 304 valence electrons. The summed E-state index contributed by atoms with van der Waals surface area (Å²) in [5.41, 5.74) is -0.838. The number of hydrogen-bond donors (Lipinski definition) is 4. The van der Waals surface area contributed by atoms with Crippen molar-refractivity contribution in [3.8, 4) is 11.5 Å². The number of benzene rings is 3. The number of aromatic amines is 2. The summed E-state index contributed by atoms with van der Waals surface area (Å²) in [5.74, 6) is 0.394. The van der Waals surface area contributed by atoms with Crippen LogP contribution in [0.15, 0.2) is 117 Å². The van der Waals surface area contributed by atoms with E-state index < -0.39 is 70.7 Å². The van der Waals surface area contributed by atoms with Crippen LogP contribution >= 0.6 is 0 Å². The predicted octanol–water partition coefficient (Wildman–Crippen LogP) is 2.48. The molecule has 16 nitrogen and oxygen atoms in total. The minimum Gasteiger partial charge on any atom is -0.497 e. The van der Waals surface area contributed by atoms with Crippen LogP contribution in [-0.4, -0.2) is 75.8 Å². The first-order chi connectivity index (χ1) is 28.0. The fourth-order valence-electron chi connectivity index (χ4n) is 7.72. The molecule has 0 aliphatic carbocycles. The lowest BCUT2D eigenvalue weighted by Gasteiger charge is -2.37. The summed E-state index contributed by atoms with van der Waals surface area (Å²) in [6.45, 7) is 1.52. The Hall–Kier alpha value is -6.07. The number of carbonyl (C=O) groups is 1. The summed E-state index contributed by atoms with van der Waals surface area (Å²) in [7, 11) is 3.19. The second-order valence-corrected chi connectivity index (χ2v) is 14.4. The van der Waals surface area contributed by atoms with Gasteiger partial charge in [-0.2, -0.15) is 0 Å². The Morgan fingerprint density at radius 2 is 1.45 bits per heavy atom. The van der Waals surface area contributed by atoms with Crippen LogP contribution in [0.25, 0.3) is 0 Å². The number of nitrogens with one attached hydrogen (secondary N) is 3. The molecular formula is C42H45N5O11. The van der Waals surface area contributed by atoms with Crippen LogP contribution in [0.5, 0.6) is 11.5 Å². The number of nitrogens with zero attached hydrogens (tertiary/aromatic N) is 2. The highest BCUT2D eigenvalue weighted by Gasteiger charge is 2.43. The van der Waals surface area contributed by atoms with Gasteiger partial charge in [-0.3, -0.25) is 33.5 Å². The number of carbonyl (C=O) groups excluding carboxylic acids is 1. The van der Waals surface area contributed by atoms with Gasteiger partial charge in [-0.05, 0) is 54.3 Å². The Labute approximate surface area is 332 Å². The van der Waals surface area contributed by atoms with Crippen LogP contribution in [0.2, 0.25) is 0 Å². The molecule has 6 atom stereocenters. The number of methoxy groups -OCH3 is 2. The lowest BCUT2D eigenvalue weighted by Crippen LogP contribution is -2.39. The molecule has 7 rings (SSSR count). The zero-order chi connectivity index (χ0) is 41.0. The van der Waals surface area contributed by atoms with Crippen LogP contribution in [0.1, 0.15) is 54.0 Å². The smallest absolute Gasteiger partial charge is 0.330 e. The second-order valence-electron chi connectivity index (χ2n) is 14.4. The maximum Gasteiger partial charge on any atom is 0.330 e. The first-order valence-electron chi connectivity index (χ1n) is 18.9. The van der Waals surface area contributed by atoms with Crippen molar-refractivity contribution in [1.29, 1.82) is 0 Å². The summed E-state index contributed by atoms with van der Waals surface area (Å²) >= 11 is 0. The number of H-pyrrole nitrogens is 2. The summed E-state index contributed by atoms with van der Waals surface area (Å²) in [5, 5.41) is 13.6. The number of aromatic nitrogens is 4. The Morgan fingerprint density at radius 3 is 2.07 bits per heavy atom. The average Bonchev–Trinajstić information content (AvgIpc) is 3.81. The van der Waals surface area contributed by atoms with Gasteiger partial charge in [-0.1, -0.05) is 54.6 Å². The molecule has 0 unspecified atom stereocenters. The number of aliphatic hydroxyl groups is 1. The molecule has 0 radical (unpaired) electrons. The molecule has 0 bridgehead atoms. The van der Waals surface area contributed by atoms with E-state index in [9.17, 15) is 29.1 Å². The van der Waals surface area contributed by atoms with E-state index in [2.05, 4.69) is 15.3 Å². The lowest BCUT2D eigenvalue weighted by atomic mass is 9.80. The minimum atomic E-state index is -1.15.